The van der Waals surface area contributed by atoms with Crippen LogP contribution in [-0.2, 0) is 4.74 Å². The lowest BCUT2D eigenvalue weighted by atomic mass is 10.1. The Morgan fingerprint density at radius 1 is 1.16 bits per heavy atom. The van der Waals surface area contributed by atoms with Crippen molar-refractivity contribution in [1.82, 2.24) is 0 Å². The zero-order chi connectivity index (χ0) is 14.1. The number of amides is 1. The van der Waals surface area contributed by atoms with Gasteiger partial charge in [0.15, 0.2) is 0 Å². The molecule has 0 aromatic heterocycles. The first kappa shape index (κ1) is 15.3. The number of carbonyl (C=O) groups excluding carboxylic acids is 1. The summed E-state index contributed by atoms with van der Waals surface area (Å²) in [5, 5.41) is 6.16. The fourth-order valence-electron chi connectivity index (χ4n) is 1.90. The van der Waals surface area contributed by atoms with Crippen molar-refractivity contribution in [1.29, 1.82) is 0 Å². The van der Waals surface area contributed by atoms with Gasteiger partial charge in [0, 0.05) is 17.4 Å². The van der Waals surface area contributed by atoms with Gasteiger partial charge in [-0.15, -0.1) is 0 Å². The third-order valence-corrected chi connectivity index (χ3v) is 2.91. The maximum absolute atomic E-state index is 11.3. The standard InChI is InChI=1S/C15H24N2O2/c1-4-7-12(5-2)16-13-8-10-14(11-9-13)17-15(18)19-6-3/h8-12,16H,4-7H2,1-3H3,(H,17,18). The number of ether oxygens (including phenoxy) is 1. The molecule has 4 heteroatoms. The van der Waals surface area contributed by atoms with Gasteiger partial charge in [-0.05, 0) is 44.0 Å². The molecule has 0 fully saturated rings. The summed E-state index contributed by atoms with van der Waals surface area (Å²) in [5.74, 6) is 0. The quantitative estimate of drug-likeness (QED) is 0.774. The molecule has 0 spiro atoms. The van der Waals surface area contributed by atoms with E-state index < -0.39 is 6.09 Å². The molecular formula is C15H24N2O2. The van der Waals surface area contributed by atoms with Crippen LogP contribution in [0.15, 0.2) is 24.3 Å². The maximum Gasteiger partial charge on any atom is 0.411 e. The minimum atomic E-state index is -0.416. The van der Waals surface area contributed by atoms with Crippen molar-refractivity contribution in [2.45, 2.75) is 46.1 Å². The largest absolute Gasteiger partial charge is 0.450 e. The van der Waals surface area contributed by atoms with Gasteiger partial charge in [-0.1, -0.05) is 20.3 Å². The predicted octanol–water partition coefficient (Wildman–Crippen LogP) is 4.25. The summed E-state index contributed by atoms with van der Waals surface area (Å²) < 4.78 is 4.82. The van der Waals surface area contributed by atoms with E-state index in [2.05, 4.69) is 24.5 Å². The summed E-state index contributed by atoms with van der Waals surface area (Å²) in [6.45, 7) is 6.53. The number of carbonyl (C=O) groups is 1. The molecule has 1 unspecified atom stereocenters. The second kappa shape index (κ2) is 8.40. The van der Waals surface area contributed by atoms with Crippen molar-refractivity contribution in [3.63, 3.8) is 0 Å². The van der Waals surface area contributed by atoms with Crippen LogP contribution in [0.1, 0.15) is 40.0 Å². The maximum atomic E-state index is 11.3. The van der Waals surface area contributed by atoms with Gasteiger partial charge in [0.25, 0.3) is 0 Å². The number of benzene rings is 1. The zero-order valence-corrected chi connectivity index (χ0v) is 12.0. The fourth-order valence-corrected chi connectivity index (χ4v) is 1.90. The van der Waals surface area contributed by atoms with Gasteiger partial charge < -0.3 is 10.1 Å². The number of anilines is 2. The Morgan fingerprint density at radius 3 is 2.32 bits per heavy atom. The molecule has 0 radical (unpaired) electrons. The van der Waals surface area contributed by atoms with Gasteiger partial charge in [0.05, 0.1) is 6.61 Å². The van der Waals surface area contributed by atoms with Gasteiger partial charge in [-0.25, -0.2) is 4.79 Å². The highest BCUT2D eigenvalue weighted by molar-refractivity contribution is 5.84. The molecule has 1 aromatic carbocycles. The van der Waals surface area contributed by atoms with Crippen LogP contribution in [-0.4, -0.2) is 18.7 Å². The molecule has 4 nitrogen and oxygen atoms in total. The van der Waals surface area contributed by atoms with E-state index in [4.69, 9.17) is 4.74 Å². The van der Waals surface area contributed by atoms with Crippen LogP contribution in [0.25, 0.3) is 0 Å². The molecule has 1 atom stereocenters. The summed E-state index contributed by atoms with van der Waals surface area (Å²) in [6, 6.07) is 8.20. The number of rotatable bonds is 7. The fraction of sp³-hybridized carbons (Fsp3) is 0.533. The molecular weight excluding hydrogens is 240 g/mol. The third-order valence-electron chi connectivity index (χ3n) is 2.91. The Hall–Kier alpha value is -1.71. The van der Waals surface area contributed by atoms with E-state index in [1.165, 1.54) is 12.8 Å². The first-order valence-corrected chi connectivity index (χ1v) is 6.99. The summed E-state index contributed by atoms with van der Waals surface area (Å²) in [5.41, 5.74) is 1.82. The summed E-state index contributed by atoms with van der Waals surface area (Å²) in [6.07, 6.45) is 3.03. The smallest absolute Gasteiger partial charge is 0.411 e. The number of hydrogen-bond acceptors (Lipinski definition) is 3. The van der Waals surface area contributed by atoms with Gasteiger partial charge in [0.1, 0.15) is 0 Å². The Morgan fingerprint density at radius 2 is 1.79 bits per heavy atom. The van der Waals surface area contributed by atoms with Crippen LogP contribution in [0.5, 0.6) is 0 Å². The minimum Gasteiger partial charge on any atom is -0.450 e. The van der Waals surface area contributed by atoms with Crippen LogP contribution in [0.3, 0.4) is 0 Å². The molecule has 1 amide bonds. The lowest BCUT2D eigenvalue weighted by Crippen LogP contribution is -2.18. The van der Waals surface area contributed by atoms with Crippen LogP contribution in [0, 0.1) is 0 Å². The van der Waals surface area contributed by atoms with Gasteiger partial charge in [0.2, 0.25) is 0 Å². The van der Waals surface area contributed by atoms with E-state index >= 15 is 0 Å². The Labute approximate surface area is 115 Å². The Kier molecular flexibility index (Phi) is 6.79. The normalized spacial score (nSPS) is 11.7. The summed E-state index contributed by atoms with van der Waals surface area (Å²) >= 11 is 0. The van der Waals surface area contributed by atoms with Crippen LogP contribution >= 0.6 is 0 Å². The molecule has 19 heavy (non-hydrogen) atoms. The van der Waals surface area contributed by atoms with Crippen molar-refractivity contribution in [3.8, 4) is 0 Å². The molecule has 0 aliphatic heterocycles. The van der Waals surface area contributed by atoms with Crippen molar-refractivity contribution < 1.29 is 9.53 Å². The molecule has 0 aliphatic carbocycles. The summed E-state index contributed by atoms with van der Waals surface area (Å²) in [4.78, 5) is 11.3. The molecule has 2 N–H and O–H groups in total. The average Bonchev–Trinajstić information content (AvgIpc) is 2.40. The zero-order valence-electron chi connectivity index (χ0n) is 12.0. The van der Waals surface area contributed by atoms with Gasteiger partial charge >= 0.3 is 6.09 Å². The van der Waals surface area contributed by atoms with Crippen LogP contribution in [0.2, 0.25) is 0 Å². The lowest BCUT2D eigenvalue weighted by Gasteiger charge is -2.17. The van der Waals surface area contributed by atoms with Gasteiger partial charge in [-0.2, -0.15) is 0 Å². The first-order valence-electron chi connectivity index (χ1n) is 6.99. The molecule has 0 aliphatic rings. The molecule has 1 aromatic rings. The molecule has 0 heterocycles. The van der Waals surface area contributed by atoms with Crippen molar-refractivity contribution in [3.05, 3.63) is 24.3 Å². The topological polar surface area (TPSA) is 50.4 Å². The third kappa shape index (κ3) is 5.64. The van der Waals surface area contributed by atoms with Crippen molar-refractivity contribution in [2.75, 3.05) is 17.2 Å². The highest BCUT2D eigenvalue weighted by atomic mass is 16.5. The van der Waals surface area contributed by atoms with Crippen molar-refractivity contribution >= 4 is 17.5 Å². The molecule has 0 bridgehead atoms. The highest BCUT2D eigenvalue weighted by Crippen LogP contribution is 2.16. The summed E-state index contributed by atoms with van der Waals surface area (Å²) in [7, 11) is 0. The minimum absolute atomic E-state index is 0.376. The highest BCUT2D eigenvalue weighted by Gasteiger charge is 2.05. The molecule has 0 saturated heterocycles. The molecule has 1 rings (SSSR count). The first-order chi connectivity index (χ1) is 9.19. The number of nitrogens with one attached hydrogen (secondary N) is 2. The Balaban J connectivity index is 2.53. The SMILES string of the molecule is CCCC(CC)Nc1ccc(NC(=O)OCC)cc1. The second-order valence-electron chi connectivity index (χ2n) is 4.46. The average molecular weight is 264 g/mol. The van der Waals surface area contributed by atoms with Crippen LogP contribution < -0.4 is 10.6 Å². The van der Waals surface area contributed by atoms with E-state index in [0.29, 0.717) is 12.6 Å². The van der Waals surface area contributed by atoms with E-state index in [1.54, 1.807) is 6.92 Å². The second-order valence-corrected chi connectivity index (χ2v) is 4.46. The van der Waals surface area contributed by atoms with Gasteiger partial charge in [-0.3, -0.25) is 5.32 Å². The van der Waals surface area contributed by atoms with E-state index in [-0.39, 0.29) is 0 Å². The lowest BCUT2D eigenvalue weighted by molar-refractivity contribution is 0.168. The van der Waals surface area contributed by atoms with Crippen molar-refractivity contribution in [2.24, 2.45) is 0 Å². The monoisotopic (exact) mass is 264 g/mol. The molecule has 106 valence electrons. The Bertz CT molecular complexity index is 376. The van der Waals surface area contributed by atoms with E-state index in [0.717, 1.165) is 17.8 Å². The predicted molar refractivity (Wildman–Crippen MR) is 79.7 cm³/mol. The van der Waals surface area contributed by atoms with E-state index in [1.807, 2.05) is 24.3 Å². The molecule has 0 saturated carbocycles. The van der Waals surface area contributed by atoms with E-state index in [9.17, 15) is 4.79 Å². The number of hydrogen-bond donors (Lipinski definition) is 2. The van der Waals surface area contributed by atoms with Crippen LogP contribution in [0.4, 0.5) is 16.2 Å².